The summed E-state index contributed by atoms with van der Waals surface area (Å²) in [7, 11) is 0. The first-order valence-corrected chi connectivity index (χ1v) is 7.09. The van der Waals surface area contributed by atoms with Crippen molar-refractivity contribution in [2.75, 3.05) is 19.6 Å². The zero-order chi connectivity index (χ0) is 13.1. The molecule has 98 valence electrons. The molecule has 2 aromatic rings. The van der Waals surface area contributed by atoms with Crippen molar-refractivity contribution in [1.29, 1.82) is 5.26 Å². The molecule has 1 aliphatic rings. The third kappa shape index (κ3) is 2.64. The Balaban J connectivity index is 1.75. The summed E-state index contributed by atoms with van der Waals surface area (Å²) in [5.74, 6) is 0. The summed E-state index contributed by atoms with van der Waals surface area (Å²) in [6, 6.07) is 8.08. The first-order valence-electron chi connectivity index (χ1n) is 7.09. The van der Waals surface area contributed by atoms with E-state index in [1.165, 1.54) is 43.3 Å². The lowest BCUT2D eigenvalue weighted by molar-refractivity contribution is 0.231. The van der Waals surface area contributed by atoms with Gasteiger partial charge in [-0.15, -0.1) is 0 Å². The Morgan fingerprint density at radius 2 is 2.05 bits per heavy atom. The molecule has 3 heteroatoms. The van der Waals surface area contributed by atoms with Crippen LogP contribution in [-0.2, 0) is 6.42 Å². The van der Waals surface area contributed by atoms with Gasteiger partial charge in [0.05, 0.1) is 11.6 Å². The van der Waals surface area contributed by atoms with E-state index in [0.717, 1.165) is 24.0 Å². The van der Waals surface area contributed by atoms with E-state index in [0.29, 0.717) is 0 Å². The molecule has 0 bridgehead atoms. The van der Waals surface area contributed by atoms with Crippen LogP contribution in [0, 0.1) is 11.3 Å². The Labute approximate surface area is 113 Å². The van der Waals surface area contributed by atoms with Crippen LogP contribution in [0.3, 0.4) is 0 Å². The minimum absolute atomic E-state index is 0.742. The maximum Gasteiger partial charge on any atom is 0.0991 e. The average Bonchev–Trinajstić information content (AvgIpc) is 2.88. The molecule has 1 aromatic heterocycles. The number of fused-ring (bicyclic) bond motifs is 1. The molecule has 19 heavy (non-hydrogen) atoms. The lowest BCUT2D eigenvalue weighted by Crippen LogP contribution is -2.31. The first kappa shape index (κ1) is 12.3. The SMILES string of the molecule is N#Cc1ccc2[nH]cc(CCN3CCCCC3)c2c1. The van der Waals surface area contributed by atoms with Crippen molar-refractivity contribution in [3.63, 3.8) is 0 Å². The predicted molar refractivity (Wildman–Crippen MR) is 77.0 cm³/mol. The van der Waals surface area contributed by atoms with Crippen molar-refractivity contribution >= 4 is 10.9 Å². The number of hydrogen-bond donors (Lipinski definition) is 1. The molecule has 3 nitrogen and oxygen atoms in total. The molecule has 0 amide bonds. The Morgan fingerprint density at radius 1 is 1.21 bits per heavy atom. The first-order chi connectivity index (χ1) is 9.36. The van der Waals surface area contributed by atoms with E-state index in [4.69, 9.17) is 5.26 Å². The lowest BCUT2D eigenvalue weighted by Gasteiger charge is -2.26. The molecule has 0 saturated carbocycles. The zero-order valence-corrected chi connectivity index (χ0v) is 11.2. The number of nitrogens with zero attached hydrogens (tertiary/aromatic N) is 2. The van der Waals surface area contributed by atoms with Crippen LogP contribution in [-0.4, -0.2) is 29.5 Å². The number of H-pyrrole nitrogens is 1. The summed E-state index contributed by atoms with van der Waals surface area (Å²) in [6.07, 6.45) is 7.22. The number of aromatic amines is 1. The number of piperidine rings is 1. The predicted octanol–water partition coefficient (Wildman–Crippen LogP) is 3.07. The molecule has 2 heterocycles. The summed E-state index contributed by atoms with van der Waals surface area (Å²) in [4.78, 5) is 5.85. The second-order valence-electron chi connectivity index (χ2n) is 5.34. The fraction of sp³-hybridized carbons (Fsp3) is 0.438. The molecule has 1 fully saturated rings. The zero-order valence-electron chi connectivity index (χ0n) is 11.2. The van der Waals surface area contributed by atoms with E-state index < -0.39 is 0 Å². The fourth-order valence-electron chi connectivity index (χ4n) is 2.92. The van der Waals surface area contributed by atoms with E-state index in [1.807, 2.05) is 18.2 Å². The second kappa shape index (κ2) is 5.46. The van der Waals surface area contributed by atoms with E-state index in [-0.39, 0.29) is 0 Å². The molecule has 0 spiro atoms. The van der Waals surface area contributed by atoms with Gasteiger partial charge < -0.3 is 9.88 Å². The smallest absolute Gasteiger partial charge is 0.0991 e. The molecule has 1 N–H and O–H groups in total. The van der Waals surface area contributed by atoms with E-state index in [9.17, 15) is 0 Å². The van der Waals surface area contributed by atoms with Crippen molar-refractivity contribution in [2.24, 2.45) is 0 Å². The molecular formula is C16H19N3. The maximum absolute atomic E-state index is 8.99. The summed E-state index contributed by atoms with van der Waals surface area (Å²) < 4.78 is 0. The summed E-state index contributed by atoms with van der Waals surface area (Å²) >= 11 is 0. The molecule has 0 unspecified atom stereocenters. The van der Waals surface area contributed by atoms with E-state index in [1.54, 1.807) is 0 Å². The van der Waals surface area contributed by atoms with Crippen LogP contribution in [0.4, 0.5) is 0 Å². The number of benzene rings is 1. The van der Waals surface area contributed by atoms with Crippen molar-refractivity contribution in [3.05, 3.63) is 35.5 Å². The molecule has 3 rings (SSSR count). The minimum atomic E-state index is 0.742. The van der Waals surface area contributed by atoms with Gasteiger partial charge in [0.2, 0.25) is 0 Å². The van der Waals surface area contributed by atoms with Crippen LogP contribution >= 0.6 is 0 Å². The van der Waals surface area contributed by atoms with Crippen molar-refractivity contribution < 1.29 is 0 Å². The fourth-order valence-corrected chi connectivity index (χ4v) is 2.92. The molecule has 1 aliphatic heterocycles. The van der Waals surface area contributed by atoms with Gasteiger partial charge in [0.1, 0.15) is 0 Å². The number of aromatic nitrogens is 1. The third-order valence-corrected chi connectivity index (χ3v) is 4.04. The highest BCUT2D eigenvalue weighted by atomic mass is 15.1. The van der Waals surface area contributed by atoms with Crippen LogP contribution in [0.2, 0.25) is 0 Å². The Kier molecular flexibility index (Phi) is 3.52. The van der Waals surface area contributed by atoms with Crippen LogP contribution in [0.25, 0.3) is 10.9 Å². The number of nitriles is 1. The number of likely N-dealkylation sites (tertiary alicyclic amines) is 1. The van der Waals surface area contributed by atoms with Gasteiger partial charge in [0.15, 0.2) is 0 Å². The Bertz CT molecular complexity index is 600. The highest BCUT2D eigenvalue weighted by molar-refractivity contribution is 5.84. The van der Waals surface area contributed by atoms with Gasteiger partial charge in [0, 0.05) is 23.6 Å². The van der Waals surface area contributed by atoms with Gasteiger partial charge in [-0.05, 0) is 56.1 Å². The van der Waals surface area contributed by atoms with Gasteiger partial charge in [-0.3, -0.25) is 0 Å². The molecule has 1 saturated heterocycles. The van der Waals surface area contributed by atoms with E-state index in [2.05, 4.69) is 22.1 Å². The molecule has 0 atom stereocenters. The average molecular weight is 253 g/mol. The molecule has 1 aromatic carbocycles. The van der Waals surface area contributed by atoms with E-state index >= 15 is 0 Å². The van der Waals surface area contributed by atoms with Gasteiger partial charge in [-0.25, -0.2) is 0 Å². The minimum Gasteiger partial charge on any atom is -0.361 e. The monoisotopic (exact) mass is 253 g/mol. The van der Waals surface area contributed by atoms with Gasteiger partial charge >= 0.3 is 0 Å². The quantitative estimate of drug-likeness (QED) is 0.913. The van der Waals surface area contributed by atoms with Crippen LogP contribution < -0.4 is 0 Å². The van der Waals surface area contributed by atoms with Crippen molar-refractivity contribution in [2.45, 2.75) is 25.7 Å². The third-order valence-electron chi connectivity index (χ3n) is 4.04. The molecule has 0 radical (unpaired) electrons. The number of rotatable bonds is 3. The topological polar surface area (TPSA) is 42.8 Å². The van der Waals surface area contributed by atoms with Gasteiger partial charge in [0.25, 0.3) is 0 Å². The largest absolute Gasteiger partial charge is 0.361 e. The summed E-state index contributed by atoms with van der Waals surface area (Å²) in [5.41, 5.74) is 3.21. The van der Waals surface area contributed by atoms with Crippen LogP contribution in [0.5, 0.6) is 0 Å². The number of nitrogens with one attached hydrogen (secondary N) is 1. The second-order valence-corrected chi connectivity index (χ2v) is 5.34. The highest BCUT2D eigenvalue weighted by Gasteiger charge is 2.11. The van der Waals surface area contributed by atoms with Crippen LogP contribution in [0.15, 0.2) is 24.4 Å². The Hall–Kier alpha value is -1.79. The van der Waals surface area contributed by atoms with Crippen LogP contribution in [0.1, 0.15) is 30.4 Å². The normalized spacial score (nSPS) is 16.6. The van der Waals surface area contributed by atoms with Gasteiger partial charge in [-0.1, -0.05) is 6.42 Å². The lowest BCUT2D eigenvalue weighted by atomic mass is 10.1. The summed E-state index contributed by atoms with van der Waals surface area (Å²) in [5, 5.41) is 10.2. The van der Waals surface area contributed by atoms with Crippen molar-refractivity contribution in [1.82, 2.24) is 9.88 Å². The standard InChI is InChI=1S/C16H19N3/c17-11-13-4-5-16-15(10-13)14(12-18-16)6-9-19-7-2-1-3-8-19/h4-5,10,12,18H,1-3,6-9H2. The number of hydrogen-bond acceptors (Lipinski definition) is 2. The maximum atomic E-state index is 8.99. The molecular weight excluding hydrogens is 234 g/mol. The summed E-state index contributed by atoms with van der Waals surface area (Å²) in [6.45, 7) is 3.61. The Morgan fingerprint density at radius 3 is 2.84 bits per heavy atom. The van der Waals surface area contributed by atoms with Crippen molar-refractivity contribution in [3.8, 4) is 6.07 Å². The van der Waals surface area contributed by atoms with Gasteiger partial charge in [-0.2, -0.15) is 5.26 Å². The molecule has 0 aliphatic carbocycles. The highest BCUT2D eigenvalue weighted by Crippen LogP contribution is 2.21.